The van der Waals surface area contributed by atoms with E-state index in [2.05, 4.69) is 13.5 Å². The largest absolute Gasteiger partial charge is 0.299 e. The van der Waals surface area contributed by atoms with Gasteiger partial charge in [0.25, 0.3) is 0 Å². The molecule has 0 aromatic rings. The van der Waals surface area contributed by atoms with E-state index in [1.807, 2.05) is 13.8 Å². The fourth-order valence-corrected chi connectivity index (χ4v) is 1.84. The molecule has 1 aliphatic carbocycles. The summed E-state index contributed by atoms with van der Waals surface area (Å²) < 4.78 is 0. The molecule has 1 aliphatic rings. The predicted molar refractivity (Wildman–Crippen MR) is 46.3 cm³/mol. The predicted octanol–water partition coefficient (Wildman–Crippen LogP) is 2.57. The number of ketones is 1. The van der Waals surface area contributed by atoms with Gasteiger partial charge in [-0.2, -0.15) is 0 Å². The molecular weight excluding hydrogens is 136 g/mol. The molecule has 0 radical (unpaired) electrons. The number of carbonyl (C=O) groups excluding carboxylic acids is 1. The second kappa shape index (κ2) is 2.47. The number of hydrogen-bond donors (Lipinski definition) is 0. The smallest absolute Gasteiger partial charge is 0.143 e. The lowest BCUT2D eigenvalue weighted by Gasteiger charge is -2.22. The second-order valence-electron chi connectivity index (χ2n) is 4.05. The molecular formula is C10H16O. The molecule has 1 fully saturated rings. The summed E-state index contributed by atoms with van der Waals surface area (Å²) in [5.41, 5.74) is 0.811. The minimum atomic E-state index is -0.209. The number of allylic oxidation sites excluding steroid dienone is 1. The third kappa shape index (κ3) is 1.24. The normalized spacial score (nSPS) is 37.7. The maximum absolute atomic E-state index is 11.5. The van der Waals surface area contributed by atoms with Gasteiger partial charge in [0.2, 0.25) is 0 Å². The van der Waals surface area contributed by atoms with E-state index in [4.69, 9.17) is 0 Å². The van der Waals surface area contributed by atoms with Crippen LogP contribution in [0.3, 0.4) is 0 Å². The molecule has 0 saturated heterocycles. The van der Waals surface area contributed by atoms with Crippen LogP contribution in [0.15, 0.2) is 12.2 Å². The maximum Gasteiger partial charge on any atom is 0.143 e. The molecule has 0 aromatic heterocycles. The van der Waals surface area contributed by atoms with Crippen LogP contribution in [0.25, 0.3) is 0 Å². The Hall–Kier alpha value is -0.590. The van der Waals surface area contributed by atoms with Crippen molar-refractivity contribution in [3.8, 4) is 0 Å². The molecule has 0 unspecified atom stereocenters. The summed E-state index contributed by atoms with van der Waals surface area (Å²) in [7, 11) is 0. The Bertz CT molecular complexity index is 205. The lowest BCUT2D eigenvalue weighted by molar-refractivity contribution is -0.123. The molecule has 0 aliphatic heterocycles. The van der Waals surface area contributed by atoms with Gasteiger partial charge in [-0.1, -0.05) is 19.1 Å². The van der Waals surface area contributed by atoms with E-state index in [0.717, 1.165) is 18.4 Å². The van der Waals surface area contributed by atoms with Crippen molar-refractivity contribution in [2.24, 2.45) is 11.3 Å². The summed E-state index contributed by atoms with van der Waals surface area (Å²) in [5.74, 6) is 0.918. The van der Waals surface area contributed by atoms with Crippen molar-refractivity contribution in [3.63, 3.8) is 0 Å². The van der Waals surface area contributed by atoms with Crippen LogP contribution in [-0.4, -0.2) is 5.78 Å². The zero-order valence-corrected chi connectivity index (χ0v) is 7.61. The van der Waals surface area contributed by atoms with Crippen LogP contribution in [-0.2, 0) is 4.79 Å². The lowest BCUT2D eigenvalue weighted by atomic mass is 9.81. The van der Waals surface area contributed by atoms with E-state index in [-0.39, 0.29) is 5.41 Å². The SMILES string of the molecule is C=C(C)[C@@]1(C)C[C@H](C)CC1=O. The minimum absolute atomic E-state index is 0.209. The van der Waals surface area contributed by atoms with Crippen LogP contribution in [0.4, 0.5) is 0 Å². The van der Waals surface area contributed by atoms with E-state index in [0.29, 0.717) is 11.7 Å². The summed E-state index contributed by atoms with van der Waals surface area (Å²) in [6.07, 6.45) is 1.73. The Morgan fingerprint density at radius 1 is 1.73 bits per heavy atom. The van der Waals surface area contributed by atoms with E-state index in [1.54, 1.807) is 0 Å². The van der Waals surface area contributed by atoms with Crippen molar-refractivity contribution < 1.29 is 4.79 Å². The number of rotatable bonds is 1. The van der Waals surface area contributed by atoms with Crippen molar-refractivity contribution in [1.29, 1.82) is 0 Å². The summed E-state index contributed by atoms with van der Waals surface area (Å²) in [5, 5.41) is 0. The fraction of sp³-hybridized carbons (Fsp3) is 0.700. The highest BCUT2D eigenvalue weighted by Crippen LogP contribution is 2.42. The Balaban J connectivity index is 2.88. The highest BCUT2D eigenvalue weighted by Gasteiger charge is 2.41. The molecule has 1 rings (SSSR count). The van der Waals surface area contributed by atoms with Gasteiger partial charge in [-0.15, -0.1) is 0 Å². The summed E-state index contributed by atoms with van der Waals surface area (Å²) in [6.45, 7) is 9.97. The molecule has 0 amide bonds. The number of Topliss-reactive ketones (excluding diaryl/α,β-unsaturated/α-hetero) is 1. The standard InChI is InChI=1S/C10H16O/c1-7(2)10(4)6-8(3)5-9(10)11/h8H,1,5-6H2,2-4H3/t8-,10-/m1/s1. The maximum atomic E-state index is 11.5. The Morgan fingerprint density at radius 2 is 2.27 bits per heavy atom. The molecule has 0 bridgehead atoms. The fourth-order valence-electron chi connectivity index (χ4n) is 1.84. The van der Waals surface area contributed by atoms with Gasteiger partial charge in [0.15, 0.2) is 0 Å². The molecule has 0 heterocycles. The van der Waals surface area contributed by atoms with E-state index >= 15 is 0 Å². The van der Waals surface area contributed by atoms with Gasteiger partial charge in [-0.25, -0.2) is 0 Å². The van der Waals surface area contributed by atoms with Gasteiger partial charge >= 0.3 is 0 Å². The van der Waals surface area contributed by atoms with Crippen LogP contribution in [0, 0.1) is 11.3 Å². The van der Waals surface area contributed by atoms with E-state index in [9.17, 15) is 4.79 Å². The molecule has 1 heteroatoms. The molecule has 1 saturated carbocycles. The Morgan fingerprint density at radius 3 is 2.45 bits per heavy atom. The van der Waals surface area contributed by atoms with Gasteiger partial charge in [0.1, 0.15) is 5.78 Å². The van der Waals surface area contributed by atoms with Crippen LogP contribution in [0.2, 0.25) is 0 Å². The van der Waals surface area contributed by atoms with Crippen LogP contribution < -0.4 is 0 Å². The zero-order valence-electron chi connectivity index (χ0n) is 7.61. The quantitative estimate of drug-likeness (QED) is 0.528. The summed E-state index contributed by atoms with van der Waals surface area (Å²) >= 11 is 0. The third-order valence-corrected chi connectivity index (χ3v) is 2.85. The molecule has 62 valence electrons. The summed E-state index contributed by atoms with van der Waals surface area (Å²) in [6, 6.07) is 0. The van der Waals surface area contributed by atoms with Crippen LogP contribution in [0.5, 0.6) is 0 Å². The van der Waals surface area contributed by atoms with Crippen molar-refractivity contribution in [2.45, 2.75) is 33.6 Å². The monoisotopic (exact) mass is 152 g/mol. The third-order valence-electron chi connectivity index (χ3n) is 2.85. The number of hydrogen-bond acceptors (Lipinski definition) is 1. The molecule has 0 spiro atoms. The first-order chi connectivity index (χ1) is 4.97. The topological polar surface area (TPSA) is 17.1 Å². The first-order valence-electron chi connectivity index (χ1n) is 4.16. The van der Waals surface area contributed by atoms with Gasteiger partial charge in [-0.05, 0) is 26.2 Å². The lowest BCUT2D eigenvalue weighted by Crippen LogP contribution is -2.22. The average Bonchev–Trinajstić information content (AvgIpc) is 2.08. The zero-order chi connectivity index (χ0) is 8.65. The van der Waals surface area contributed by atoms with Crippen molar-refractivity contribution in [2.75, 3.05) is 0 Å². The average molecular weight is 152 g/mol. The first kappa shape index (κ1) is 8.51. The highest BCUT2D eigenvalue weighted by molar-refractivity contribution is 5.89. The van der Waals surface area contributed by atoms with Crippen LogP contribution >= 0.6 is 0 Å². The minimum Gasteiger partial charge on any atom is -0.299 e. The Labute approximate surface area is 68.5 Å². The van der Waals surface area contributed by atoms with Crippen molar-refractivity contribution in [1.82, 2.24) is 0 Å². The van der Waals surface area contributed by atoms with Gasteiger partial charge in [0.05, 0.1) is 0 Å². The van der Waals surface area contributed by atoms with Gasteiger partial charge in [-0.3, -0.25) is 4.79 Å². The van der Waals surface area contributed by atoms with Crippen LogP contribution in [0.1, 0.15) is 33.6 Å². The molecule has 11 heavy (non-hydrogen) atoms. The van der Waals surface area contributed by atoms with Gasteiger partial charge in [0, 0.05) is 11.8 Å². The number of carbonyl (C=O) groups is 1. The molecule has 0 N–H and O–H groups in total. The van der Waals surface area contributed by atoms with Gasteiger partial charge < -0.3 is 0 Å². The van der Waals surface area contributed by atoms with Crippen molar-refractivity contribution >= 4 is 5.78 Å². The first-order valence-corrected chi connectivity index (χ1v) is 4.16. The molecule has 1 nitrogen and oxygen atoms in total. The molecule has 2 atom stereocenters. The molecule has 0 aromatic carbocycles. The van der Waals surface area contributed by atoms with E-state index in [1.165, 1.54) is 0 Å². The summed E-state index contributed by atoms with van der Waals surface area (Å²) in [4.78, 5) is 11.5. The highest BCUT2D eigenvalue weighted by atomic mass is 16.1. The van der Waals surface area contributed by atoms with Crippen molar-refractivity contribution in [3.05, 3.63) is 12.2 Å². The van der Waals surface area contributed by atoms with E-state index < -0.39 is 0 Å². The second-order valence-corrected chi connectivity index (χ2v) is 4.05. The Kier molecular flexibility index (Phi) is 1.91.